The Bertz CT molecular complexity index is 296. The van der Waals surface area contributed by atoms with Crippen molar-refractivity contribution in [1.82, 2.24) is 10.1 Å². The number of hydrogen-bond acceptors (Lipinski definition) is 4. The fourth-order valence-corrected chi connectivity index (χ4v) is 3.13. The Morgan fingerprint density at radius 3 is 2.69 bits per heavy atom. The molecule has 0 amide bonds. The van der Waals surface area contributed by atoms with Crippen LogP contribution in [0.2, 0.25) is 0 Å². The van der Waals surface area contributed by atoms with E-state index in [0.29, 0.717) is 4.80 Å². The zero-order chi connectivity index (χ0) is 9.31. The summed E-state index contributed by atoms with van der Waals surface area (Å²) in [6.07, 6.45) is 2.28. The summed E-state index contributed by atoms with van der Waals surface area (Å²) in [5.41, 5.74) is 0.126. The third kappa shape index (κ3) is 1.91. The highest BCUT2D eigenvalue weighted by Gasteiger charge is 2.33. The summed E-state index contributed by atoms with van der Waals surface area (Å²) in [5.74, 6) is 3.24. The molecule has 1 saturated heterocycles. The molecule has 1 aromatic rings. The lowest BCUT2D eigenvalue weighted by Gasteiger charge is -2.29. The van der Waals surface area contributed by atoms with Crippen LogP contribution >= 0.6 is 27.7 Å². The van der Waals surface area contributed by atoms with E-state index >= 15 is 0 Å². The summed E-state index contributed by atoms with van der Waals surface area (Å²) in [6.45, 7) is 2.21. The summed E-state index contributed by atoms with van der Waals surface area (Å²) in [5, 5.41) is 3.97. The molecule has 0 unspecified atom stereocenters. The molecule has 72 valence electrons. The number of thioether (sulfide) groups is 1. The maximum Gasteiger partial charge on any atom is 0.293 e. The lowest BCUT2D eigenvalue weighted by molar-refractivity contribution is 0.351. The Labute approximate surface area is 89.8 Å². The Morgan fingerprint density at radius 1 is 1.46 bits per heavy atom. The second-order valence-electron chi connectivity index (χ2n) is 3.54. The second-order valence-corrected chi connectivity index (χ2v) is 5.45. The summed E-state index contributed by atoms with van der Waals surface area (Å²) in [6, 6.07) is 0. The van der Waals surface area contributed by atoms with Crippen molar-refractivity contribution in [3.8, 4) is 0 Å². The van der Waals surface area contributed by atoms with Gasteiger partial charge in [-0.3, -0.25) is 0 Å². The largest absolute Gasteiger partial charge is 0.327 e. The molecule has 1 aromatic heterocycles. The summed E-state index contributed by atoms with van der Waals surface area (Å²) >= 11 is 5.18. The normalized spacial score (nSPS) is 21.7. The average Bonchev–Trinajstić information content (AvgIpc) is 2.54. The topological polar surface area (TPSA) is 38.9 Å². The van der Waals surface area contributed by atoms with Gasteiger partial charge >= 0.3 is 0 Å². The number of nitrogens with zero attached hydrogens (tertiary/aromatic N) is 2. The van der Waals surface area contributed by atoms with Gasteiger partial charge in [0.25, 0.3) is 4.80 Å². The minimum absolute atomic E-state index is 0.126. The van der Waals surface area contributed by atoms with Gasteiger partial charge in [-0.1, -0.05) is 12.1 Å². The van der Waals surface area contributed by atoms with Crippen LogP contribution in [0.1, 0.15) is 25.6 Å². The van der Waals surface area contributed by atoms with Gasteiger partial charge in [0.05, 0.1) is 0 Å². The first-order valence-corrected chi connectivity index (χ1v) is 6.23. The minimum Gasteiger partial charge on any atom is -0.327 e. The molecule has 0 radical (unpaired) electrons. The first kappa shape index (κ1) is 9.52. The summed E-state index contributed by atoms with van der Waals surface area (Å²) in [4.78, 5) is 4.72. The van der Waals surface area contributed by atoms with Crippen molar-refractivity contribution in [2.75, 3.05) is 11.5 Å². The van der Waals surface area contributed by atoms with Crippen LogP contribution in [0.15, 0.2) is 9.32 Å². The van der Waals surface area contributed by atoms with Crippen LogP contribution in [-0.2, 0) is 5.41 Å². The van der Waals surface area contributed by atoms with Crippen molar-refractivity contribution in [2.45, 2.75) is 25.2 Å². The fraction of sp³-hybridized carbons (Fsp3) is 0.750. The summed E-state index contributed by atoms with van der Waals surface area (Å²) in [7, 11) is 0. The van der Waals surface area contributed by atoms with Gasteiger partial charge in [0.2, 0.25) is 0 Å². The van der Waals surface area contributed by atoms with Crippen LogP contribution in [0.4, 0.5) is 0 Å². The Kier molecular flexibility index (Phi) is 2.65. The fourth-order valence-electron chi connectivity index (χ4n) is 1.50. The lowest BCUT2D eigenvalue weighted by atomic mass is 9.83. The molecule has 0 atom stereocenters. The molecule has 0 aromatic carbocycles. The van der Waals surface area contributed by atoms with Crippen molar-refractivity contribution in [1.29, 1.82) is 0 Å². The first-order chi connectivity index (χ1) is 6.21. The highest BCUT2D eigenvalue weighted by atomic mass is 79.9. The van der Waals surface area contributed by atoms with E-state index in [9.17, 15) is 0 Å². The zero-order valence-corrected chi connectivity index (χ0v) is 9.82. The molecule has 2 rings (SSSR count). The molecule has 0 saturated carbocycles. The molecular formula is C8H11BrN2OS. The molecule has 5 heteroatoms. The van der Waals surface area contributed by atoms with Crippen LogP contribution in [0.25, 0.3) is 0 Å². The van der Waals surface area contributed by atoms with Crippen molar-refractivity contribution in [3.05, 3.63) is 10.6 Å². The number of hydrogen-bond donors (Lipinski definition) is 0. The van der Waals surface area contributed by atoms with Gasteiger partial charge in [-0.25, -0.2) is 0 Å². The Balaban J connectivity index is 2.22. The molecule has 3 nitrogen and oxygen atoms in total. The van der Waals surface area contributed by atoms with Crippen LogP contribution in [0.5, 0.6) is 0 Å². The van der Waals surface area contributed by atoms with Gasteiger partial charge < -0.3 is 4.52 Å². The molecule has 0 spiro atoms. The van der Waals surface area contributed by atoms with Crippen molar-refractivity contribution in [2.24, 2.45) is 0 Å². The second kappa shape index (κ2) is 3.61. The smallest absolute Gasteiger partial charge is 0.293 e. The molecular weight excluding hydrogens is 252 g/mol. The number of aromatic nitrogens is 2. The van der Waals surface area contributed by atoms with E-state index in [1.54, 1.807) is 0 Å². The van der Waals surface area contributed by atoms with E-state index in [2.05, 4.69) is 33.0 Å². The SMILES string of the molecule is CC1(c2noc(Br)n2)CCSCC1. The molecule has 13 heavy (non-hydrogen) atoms. The number of rotatable bonds is 1. The molecule has 0 bridgehead atoms. The van der Waals surface area contributed by atoms with Gasteiger partial charge in [-0.05, 0) is 24.3 Å². The molecule has 1 fully saturated rings. The predicted octanol–water partition coefficient (Wildman–Crippen LogP) is 2.62. The van der Waals surface area contributed by atoms with Gasteiger partial charge in [0.15, 0.2) is 5.82 Å². The predicted molar refractivity (Wildman–Crippen MR) is 55.9 cm³/mol. The molecule has 1 aliphatic rings. The van der Waals surface area contributed by atoms with Crippen molar-refractivity contribution >= 4 is 27.7 Å². The lowest BCUT2D eigenvalue weighted by Crippen LogP contribution is -2.28. The van der Waals surface area contributed by atoms with Crippen molar-refractivity contribution < 1.29 is 4.52 Å². The van der Waals surface area contributed by atoms with Crippen LogP contribution in [0, 0.1) is 0 Å². The van der Waals surface area contributed by atoms with E-state index in [1.807, 2.05) is 11.8 Å². The highest BCUT2D eigenvalue weighted by molar-refractivity contribution is 9.10. The van der Waals surface area contributed by atoms with Gasteiger partial charge in [0, 0.05) is 21.3 Å². The van der Waals surface area contributed by atoms with Gasteiger partial charge in [-0.2, -0.15) is 16.7 Å². The maximum atomic E-state index is 4.93. The standard InChI is InChI=1S/C8H11BrN2OS/c1-8(2-4-13-5-3-8)6-10-7(9)12-11-6/h2-5H2,1H3. The molecule has 0 aliphatic carbocycles. The highest BCUT2D eigenvalue weighted by Crippen LogP contribution is 2.36. The van der Waals surface area contributed by atoms with Crippen LogP contribution in [0.3, 0.4) is 0 Å². The molecule has 1 aliphatic heterocycles. The third-order valence-electron chi connectivity index (χ3n) is 2.54. The van der Waals surface area contributed by atoms with E-state index in [1.165, 1.54) is 11.5 Å². The van der Waals surface area contributed by atoms with E-state index in [0.717, 1.165) is 18.7 Å². The van der Waals surface area contributed by atoms with Gasteiger partial charge in [-0.15, -0.1) is 0 Å². The number of halogens is 1. The summed E-state index contributed by atoms with van der Waals surface area (Å²) < 4.78 is 4.93. The van der Waals surface area contributed by atoms with E-state index in [-0.39, 0.29) is 5.41 Å². The zero-order valence-electron chi connectivity index (χ0n) is 7.42. The van der Waals surface area contributed by atoms with E-state index < -0.39 is 0 Å². The monoisotopic (exact) mass is 262 g/mol. The van der Waals surface area contributed by atoms with Crippen LogP contribution < -0.4 is 0 Å². The molecule has 2 heterocycles. The average molecular weight is 263 g/mol. The maximum absolute atomic E-state index is 4.93. The van der Waals surface area contributed by atoms with Crippen molar-refractivity contribution in [3.63, 3.8) is 0 Å². The Morgan fingerprint density at radius 2 is 2.15 bits per heavy atom. The third-order valence-corrected chi connectivity index (χ3v) is 3.85. The minimum atomic E-state index is 0.126. The molecule has 0 N–H and O–H groups in total. The first-order valence-electron chi connectivity index (χ1n) is 4.28. The quantitative estimate of drug-likeness (QED) is 0.780. The Hall–Kier alpha value is -0.0300. The van der Waals surface area contributed by atoms with E-state index in [4.69, 9.17) is 4.52 Å². The van der Waals surface area contributed by atoms with Crippen LogP contribution in [-0.4, -0.2) is 21.6 Å². The van der Waals surface area contributed by atoms with Gasteiger partial charge in [0.1, 0.15) is 0 Å².